The summed E-state index contributed by atoms with van der Waals surface area (Å²) in [4.78, 5) is 2.28. The van der Waals surface area contributed by atoms with Crippen molar-refractivity contribution in [2.45, 2.75) is 57.0 Å². The minimum atomic E-state index is -0.187. The Morgan fingerprint density at radius 1 is 1.14 bits per heavy atom. The zero-order valence-corrected chi connectivity index (χ0v) is 13.5. The van der Waals surface area contributed by atoms with Crippen LogP contribution in [-0.4, -0.2) is 24.5 Å². The van der Waals surface area contributed by atoms with E-state index in [-0.39, 0.29) is 17.4 Å². The average molecular weight is 293 g/mol. The topological polar surface area (TPSA) is 41.3 Å². The number of benzene rings is 1. The maximum absolute atomic E-state index is 13.8. The molecule has 0 saturated heterocycles. The van der Waals surface area contributed by atoms with Crippen LogP contribution in [0.3, 0.4) is 0 Å². The zero-order chi connectivity index (χ0) is 15.5. The average Bonchev–Trinajstić information content (AvgIpc) is 2.65. The van der Waals surface area contributed by atoms with Gasteiger partial charge < -0.3 is 4.90 Å². The summed E-state index contributed by atoms with van der Waals surface area (Å²) in [5, 5.41) is 0. The molecule has 1 saturated carbocycles. The van der Waals surface area contributed by atoms with E-state index in [0.29, 0.717) is 0 Å². The lowest BCUT2D eigenvalue weighted by Crippen LogP contribution is -2.55. The summed E-state index contributed by atoms with van der Waals surface area (Å²) in [6.07, 6.45) is 7.12. The van der Waals surface area contributed by atoms with Gasteiger partial charge in [0, 0.05) is 5.54 Å². The number of rotatable bonds is 4. The van der Waals surface area contributed by atoms with Crippen LogP contribution < -0.4 is 11.3 Å². The molecule has 21 heavy (non-hydrogen) atoms. The molecular weight excluding hydrogens is 265 g/mol. The van der Waals surface area contributed by atoms with Gasteiger partial charge in [0.15, 0.2) is 0 Å². The number of nitrogens with zero attached hydrogens (tertiary/aromatic N) is 1. The molecule has 1 atom stereocenters. The number of nitrogens with two attached hydrogens (primary N) is 1. The molecule has 3 nitrogen and oxygen atoms in total. The molecule has 1 aromatic rings. The molecule has 3 N–H and O–H groups in total. The first-order valence-electron chi connectivity index (χ1n) is 7.90. The van der Waals surface area contributed by atoms with E-state index in [9.17, 15) is 4.39 Å². The molecule has 0 radical (unpaired) electrons. The number of likely N-dealkylation sites (N-methyl/N-ethyl adjacent to an activating group) is 1. The Balaban J connectivity index is 2.43. The van der Waals surface area contributed by atoms with Crippen LogP contribution >= 0.6 is 0 Å². The predicted octanol–water partition coefficient (Wildman–Crippen LogP) is 3.29. The van der Waals surface area contributed by atoms with Gasteiger partial charge in [-0.3, -0.25) is 11.3 Å². The van der Waals surface area contributed by atoms with Crippen molar-refractivity contribution in [3.05, 3.63) is 35.1 Å². The summed E-state index contributed by atoms with van der Waals surface area (Å²) in [6, 6.07) is 5.17. The molecule has 0 bridgehead atoms. The van der Waals surface area contributed by atoms with E-state index in [2.05, 4.69) is 24.4 Å². The van der Waals surface area contributed by atoms with Gasteiger partial charge in [0.25, 0.3) is 0 Å². The third kappa shape index (κ3) is 3.44. The second kappa shape index (κ2) is 6.86. The standard InChI is InChI=1S/C17H28FN3/c1-13-10-14(12-15(18)11-13)16(20-19)17(21(2)3)8-6-4-5-7-9-17/h10-12,16,20H,4-9,19H2,1-3H3. The molecule has 0 aromatic heterocycles. The first-order chi connectivity index (χ1) is 9.99. The Morgan fingerprint density at radius 2 is 1.76 bits per heavy atom. The predicted molar refractivity (Wildman–Crippen MR) is 85.3 cm³/mol. The van der Waals surface area contributed by atoms with Crippen LogP contribution in [0.25, 0.3) is 0 Å². The molecule has 1 unspecified atom stereocenters. The molecule has 0 spiro atoms. The number of nitrogens with one attached hydrogen (secondary N) is 1. The summed E-state index contributed by atoms with van der Waals surface area (Å²) in [5.41, 5.74) is 4.82. The lowest BCUT2D eigenvalue weighted by Gasteiger charge is -2.46. The van der Waals surface area contributed by atoms with Crippen LogP contribution in [0.15, 0.2) is 18.2 Å². The van der Waals surface area contributed by atoms with Gasteiger partial charge >= 0.3 is 0 Å². The van der Waals surface area contributed by atoms with Crippen LogP contribution in [0, 0.1) is 12.7 Å². The molecule has 1 aromatic carbocycles. The molecule has 0 amide bonds. The van der Waals surface area contributed by atoms with Crippen molar-refractivity contribution in [1.29, 1.82) is 0 Å². The van der Waals surface area contributed by atoms with Gasteiger partial charge in [-0.15, -0.1) is 0 Å². The third-order valence-electron chi connectivity index (χ3n) is 4.96. The Bertz CT molecular complexity index is 445. The van der Waals surface area contributed by atoms with Crippen molar-refractivity contribution in [1.82, 2.24) is 10.3 Å². The van der Waals surface area contributed by atoms with Gasteiger partial charge in [-0.05, 0) is 57.1 Å². The normalized spacial score (nSPS) is 20.3. The Kier molecular flexibility index (Phi) is 5.36. The van der Waals surface area contributed by atoms with Crippen molar-refractivity contribution < 1.29 is 4.39 Å². The van der Waals surface area contributed by atoms with Crippen molar-refractivity contribution in [2.24, 2.45) is 5.84 Å². The first kappa shape index (κ1) is 16.4. The fourth-order valence-corrected chi connectivity index (χ4v) is 3.83. The zero-order valence-electron chi connectivity index (χ0n) is 13.5. The van der Waals surface area contributed by atoms with Crippen LogP contribution in [-0.2, 0) is 0 Å². The molecule has 1 fully saturated rings. The number of hydrogen-bond acceptors (Lipinski definition) is 3. The van der Waals surface area contributed by atoms with E-state index in [1.54, 1.807) is 12.1 Å². The molecule has 0 heterocycles. The quantitative estimate of drug-likeness (QED) is 0.508. The Labute approximate surface area is 127 Å². The van der Waals surface area contributed by atoms with E-state index in [1.807, 2.05) is 13.0 Å². The molecule has 118 valence electrons. The lowest BCUT2D eigenvalue weighted by atomic mass is 9.78. The SMILES string of the molecule is Cc1cc(F)cc(C(NN)C2(N(C)C)CCCCCC2)c1. The van der Waals surface area contributed by atoms with Crippen LogP contribution in [0.5, 0.6) is 0 Å². The number of aryl methyl sites for hydroxylation is 1. The fraction of sp³-hybridized carbons (Fsp3) is 0.647. The van der Waals surface area contributed by atoms with E-state index in [1.165, 1.54) is 25.7 Å². The fourth-order valence-electron chi connectivity index (χ4n) is 3.83. The number of halogens is 1. The molecule has 0 aliphatic heterocycles. The first-order valence-corrected chi connectivity index (χ1v) is 7.90. The molecule has 2 rings (SSSR count). The number of hydrazine groups is 1. The second-order valence-electron chi connectivity index (χ2n) is 6.57. The van der Waals surface area contributed by atoms with Crippen molar-refractivity contribution in [2.75, 3.05) is 14.1 Å². The van der Waals surface area contributed by atoms with Crippen LogP contribution in [0.1, 0.15) is 55.7 Å². The summed E-state index contributed by atoms with van der Waals surface area (Å²) in [6.45, 7) is 1.93. The Morgan fingerprint density at radius 3 is 2.24 bits per heavy atom. The molecule has 1 aliphatic rings. The maximum atomic E-state index is 13.8. The van der Waals surface area contributed by atoms with Gasteiger partial charge in [0.05, 0.1) is 6.04 Å². The minimum absolute atomic E-state index is 0.0501. The highest BCUT2D eigenvalue weighted by atomic mass is 19.1. The molecule has 1 aliphatic carbocycles. The van der Waals surface area contributed by atoms with Gasteiger partial charge in [-0.25, -0.2) is 4.39 Å². The summed E-state index contributed by atoms with van der Waals surface area (Å²) >= 11 is 0. The summed E-state index contributed by atoms with van der Waals surface area (Å²) in [7, 11) is 4.23. The summed E-state index contributed by atoms with van der Waals surface area (Å²) < 4.78 is 13.8. The molecule has 4 heteroatoms. The largest absolute Gasteiger partial charge is 0.302 e. The Hall–Kier alpha value is -0.970. The highest BCUT2D eigenvalue weighted by molar-refractivity contribution is 5.29. The van der Waals surface area contributed by atoms with Crippen molar-refractivity contribution in [3.8, 4) is 0 Å². The van der Waals surface area contributed by atoms with Gasteiger partial charge in [-0.1, -0.05) is 31.7 Å². The van der Waals surface area contributed by atoms with Gasteiger partial charge in [-0.2, -0.15) is 0 Å². The van der Waals surface area contributed by atoms with Crippen LogP contribution in [0.4, 0.5) is 4.39 Å². The maximum Gasteiger partial charge on any atom is 0.123 e. The van der Waals surface area contributed by atoms with Crippen molar-refractivity contribution in [3.63, 3.8) is 0 Å². The third-order valence-corrected chi connectivity index (χ3v) is 4.96. The van der Waals surface area contributed by atoms with E-state index in [4.69, 9.17) is 5.84 Å². The van der Waals surface area contributed by atoms with E-state index >= 15 is 0 Å². The van der Waals surface area contributed by atoms with Crippen molar-refractivity contribution >= 4 is 0 Å². The number of hydrogen-bond donors (Lipinski definition) is 2. The molecular formula is C17H28FN3. The van der Waals surface area contributed by atoms with E-state index in [0.717, 1.165) is 24.0 Å². The van der Waals surface area contributed by atoms with Gasteiger partial charge in [0.2, 0.25) is 0 Å². The smallest absolute Gasteiger partial charge is 0.123 e. The highest BCUT2D eigenvalue weighted by Gasteiger charge is 2.41. The summed E-state index contributed by atoms with van der Waals surface area (Å²) in [5.74, 6) is 5.72. The van der Waals surface area contributed by atoms with E-state index < -0.39 is 0 Å². The van der Waals surface area contributed by atoms with Gasteiger partial charge in [0.1, 0.15) is 5.82 Å². The second-order valence-corrected chi connectivity index (χ2v) is 6.57. The monoisotopic (exact) mass is 293 g/mol. The highest BCUT2D eigenvalue weighted by Crippen LogP contribution is 2.41. The minimum Gasteiger partial charge on any atom is -0.302 e. The van der Waals surface area contributed by atoms with Crippen LogP contribution in [0.2, 0.25) is 0 Å². The lowest BCUT2D eigenvalue weighted by molar-refractivity contribution is 0.0799.